The number of piperidine rings is 1. The van der Waals surface area contributed by atoms with E-state index in [1.807, 2.05) is 4.57 Å². The van der Waals surface area contributed by atoms with Crippen molar-refractivity contribution in [2.75, 3.05) is 32.5 Å². The zero-order valence-corrected chi connectivity index (χ0v) is 17.6. The lowest BCUT2D eigenvalue weighted by Crippen LogP contribution is -2.38. The fourth-order valence-corrected chi connectivity index (χ4v) is 3.78. The monoisotopic (exact) mass is 390 g/mol. The van der Waals surface area contributed by atoms with Gasteiger partial charge in [-0.1, -0.05) is 13.3 Å². The molecule has 0 atom stereocenters. The Hall–Kier alpha value is -2.09. The summed E-state index contributed by atoms with van der Waals surface area (Å²) >= 11 is 0. The van der Waals surface area contributed by atoms with Crippen molar-refractivity contribution < 1.29 is 9.47 Å². The van der Waals surface area contributed by atoms with E-state index in [4.69, 9.17) is 15.2 Å². The van der Waals surface area contributed by atoms with Gasteiger partial charge >= 0.3 is 6.01 Å². The zero-order chi connectivity index (χ0) is 20.1. The Kier molecular flexibility index (Phi) is 6.93. The number of aromatic nitrogens is 4. The quantitative estimate of drug-likeness (QED) is 0.658. The van der Waals surface area contributed by atoms with Crippen LogP contribution in [0.2, 0.25) is 0 Å². The molecule has 0 unspecified atom stereocenters. The highest BCUT2D eigenvalue weighted by molar-refractivity contribution is 5.83. The van der Waals surface area contributed by atoms with Crippen LogP contribution in [0.5, 0.6) is 12.0 Å². The first-order valence-electron chi connectivity index (χ1n) is 10.5. The van der Waals surface area contributed by atoms with Crippen LogP contribution in [0.15, 0.2) is 0 Å². The van der Waals surface area contributed by atoms with Crippen LogP contribution in [0.3, 0.4) is 0 Å². The van der Waals surface area contributed by atoms with Gasteiger partial charge in [-0.25, -0.2) is 0 Å². The van der Waals surface area contributed by atoms with Crippen LogP contribution in [0.4, 0.5) is 5.82 Å². The number of hydrogen-bond donors (Lipinski definition) is 1. The minimum atomic E-state index is 0.312. The van der Waals surface area contributed by atoms with E-state index in [1.165, 1.54) is 25.9 Å². The van der Waals surface area contributed by atoms with Gasteiger partial charge in [-0.3, -0.25) is 4.57 Å². The number of imidazole rings is 1. The SMILES string of the molecule is CCCCOc1nc(N)c2nc(OC)n(CCC3CCN(C(C)C)CC3)c2n1. The molecule has 0 radical (unpaired) electrons. The lowest BCUT2D eigenvalue weighted by Gasteiger charge is -2.34. The highest BCUT2D eigenvalue weighted by Gasteiger charge is 2.23. The Balaban J connectivity index is 1.73. The van der Waals surface area contributed by atoms with Crippen LogP contribution in [-0.2, 0) is 6.54 Å². The van der Waals surface area contributed by atoms with Crippen LogP contribution in [0.1, 0.15) is 52.9 Å². The number of hydrogen-bond acceptors (Lipinski definition) is 7. The maximum Gasteiger partial charge on any atom is 0.320 e. The first-order chi connectivity index (χ1) is 13.5. The van der Waals surface area contributed by atoms with Gasteiger partial charge in [-0.2, -0.15) is 15.0 Å². The van der Waals surface area contributed by atoms with Crippen molar-refractivity contribution in [3.8, 4) is 12.0 Å². The molecule has 3 rings (SSSR count). The Labute approximate surface area is 167 Å². The largest absolute Gasteiger partial charge is 0.468 e. The molecule has 8 nitrogen and oxygen atoms in total. The number of nitrogens with zero attached hydrogens (tertiary/aromatic N) is 5. The molecule has 28 heavy (non-hydrogen) atoms. The Morgan fingerprint density at radius 1 is 1.18 bits per heavy atom. The maximum atomic E-state index is 6.11. The summed E-state index contributed by atoms with van der Waals surface area (Å²) in [5, 5.41) is 0. The summed E-state index contributed by atoms with van der Waals surface area (Å²) in [4.78, 5) is 15.9. The van der Waals surface area contributed by atoms with Crippen molar-refractivity contribution in [1.29, 1.82) is 0 Å². The second-order valence-corrected chi connectivity index (χ2v) is 7.88. The number of aryl methyl sites for hydroxylation is 1. The number of fused-ring (bicyclic) bond motifs is 1. The molecule has 1 saturated heterocycles. The lowest BCUT2D eigenvalue weighted by molar-refractivity contribution is 0.143. The van der Waals surface area contributed by atoms with Gasteiger partial charge in [0.2, 0.25) is 0 Å². The van der Waals surface area contributed by atoms with E-state index < -0.39 is 0 Å². The second kappa shape index (κ2) is 9.41. The summed E-state index contributed by atoms with van der Waals surface area (Å²) in [6.45, 7) is 10.4. The molecule has 0 aromatic carbocycles. The van der Waals surface area contributed by atoms with E-state index in [9.17, 15) is 0 Å². The van der Waals surface area contributed by atoms with Crippen molar-refractivity contribution in [2.24, 2.45) is 5.92 Å². The Morgan fingerprint density at radius 2 is 1.93 bits per heavy atom. The molecule has 2 aromatic heterocycles. The molecule has 0 aliphatic carbocycles. The molecule has 8 heteroatoms. The summed E-state index contributed by atoms with van der Waals surface area (Å²) in [6, 6.07) is 1.47. The van der Waals surface area contributed by atoms with E-state index in [0.29, 0.717) is 47.6 Å². The molecular weight excluding hydrogens is 356 g/mol. The number of ether oxygens (including phenoxy) is 2. The first-order valence-corrected chi connectivity index (χ1v) is 10.5. The molecule has 0 bridgehead atoms. The molecule has 3 heterocycles. The van der Waals surface area contributed by atoms with E-state index in [2.05, 4.69) is 40.6 Å². The van der Waals surface area contributed by atoms with Gasteiger partial charge in [0.15, 0.2) is 17.0 Å². The smallest absolute Gasteiger partial charge is 0.320 e. The lowest BCUT2D eigenvalue weighted by atomic mass is 9.93. The topological polar surface area (TPSA) is 91.3 Å². The van der Waals surface area contributed by atoms with Gasteiger partial charge in [0.25, 0.3) is 6.01 Å². The number of unbranched alkanes of at least 4 members (excludes halogenated alkanes) is 1. The molecule has 2 aromatic rings. The molecule has 156 valence electrons. The number of anilines is 1. The standard InChI is InChI=1S/C20H34N6O2/c1-5-6-13-28-19-23-17(21)16-18(24-19)26(20(22-16)27-4)12-9-15-7-10-25(11-8-15)14(2)3/h14-15H,5-13H2,1-4H3,(H2,21,23,24). The number of rotatable bonds is 9. The third-order valence-corrected chi connectivity index (χ3v) is 5.62. The summed E-state index contributed by atoms with van der Waals surface area (Å²) in [5.41, 5.74) is 7.38. The van der Waals surface area contributed by atoms with Gasteiger partial charge in [-0.15, -0.1) is 0 Å². The number of methoxy groups -OCH3 is 1. The summed E-state index contributed by atoms with van der Waals surface area (Å²) in [7, 11) is 1.63. The Morgan fingerprint density at radius 3 is 2.57 bits per heavy atom. The average molecular weight is 391 g/mol. The number of nitrogens with two attached hydrogens (primary N) is 1. The molecule has 1 aliphatic rings. The number of likely N-dealkylation sites (tertiary alicyclic amines) is 1. The van der Waals surface area contributed by atoms with E-state index >= 15 is 0 Å². The van der Waals surface area contributed by atoms with E-state index in [-0.39, 0.29) is 0 Å². The third-order valence-electron chi connectivity index (χ3n) is 5.62. The third kappa shape index (κ3) is 4.66. The highest BCUT2D eigenvalue weighted by atomic mass is 16.5. The predicted molar refractivity (Wildman–Crippen MR) is 111 cm³/mol. The summed E-state index contributed by atoms with van der Waals surface area (Å²) in [6.07, 6.45) is 5.55. The Bertz CT molecular complexity index is 768. The highest BCUT2D eigenvalue weighted by Crippen LogP contribution is 2.28. The van der Waals surface area contributed by atoms with Crippen molar-refractivity contribution in [1.82, 2.24) is 24.4 Å². The minimum Gasteiger partial charge on any atom is -0.468 e. The molecule has 1 aliphatic heterocycles. The van der Waals surface area contributed by atoms with E-state index in [0.717, 1.165) is 25.8 Å². The molecule has 0 amide bonds. The van der Waals surface area contributed by atoms with Crippen LogP contribution < -0.4 is 15.2 Å². The van der Waals surface area contributed by atoms with Crippen LogP contribution in [-0.4, -0.2) is 57.3 Å². The summed E-state index contributed by atoms with van der Waals surface area (Å²) in [5.74, 6) is 1.04. The van der Waals surface area contributed by atoms with Gasteiger partial charge in [0.1, 0.15) is 0 Å². The summed E-state index contributed by atoms with van der Waals surface area (Å²) < 4.78 is 13.2. The van der Waals surface area contributed by atoms with Crippen LogP contribution in [0.25, 0.3) is 11.2 Å². The van der Waals surface area contributed by atoms with Crippen LogP contribution >= 0.6 is 0 Å². The van der Waals surface area contributed by atoms with Crippen molar-refractivity contribution in [3.05, 3.63) is 0 Å². The van der Waals surface area contributed by atoms with Gasteiger partial charge in [-0.05, 0) is 58.5 Å². The maximum absolute atomic E-state index is 6.11. The fraction of sp³-hybridized carbons (Fsp3) is 0.750. The first kappa shape index (κ1) is 20.6. The minimum absolute atomic E-state index is 0.312. The van der Waals surface area contributed by atoms with Crippen LogP contribution in [0, 0.1) is 5.92 Å². The van der Waals surface area contributed by atoms with Gasteiger partial charge < -0.3 is 20.1 Å². The zero-order valence-electron chi connectivity index (χ0n) is 17.6. The fourth-order valence-electron chi connectivity index (χ4n) is 3.78. The number of nitrogen functional groups attached to an aromatic ring is 1. The second-order valence-electron chi connectivity index (χ2n) is 7.88. The van der Waals surface area contributed by atoms with Crippen molar-refractivity contribution in [3.63, 3.8) is 0 Å². The van der Waals surface area contributed by atoms with E-state index in [1.54, 1.807) is 7.11 Å². The molecular formula is C20H34N6O2. The predicted octanol–water partition coefficient (Wildman–Crippen LogP) is 3.11. The normalized spacial score (nSPS) is 16.2. The molecule has 2 N–H and O–H groups in total. The van der Waals surface area contributed by atoms with Crippen molar-refractivity contribution >= 4 is 17.0 Å². The van der Waals surface area contributed by atoms with Crippen molar-refractivity contribution in [2.45, 2.75) is 65.5 Å². The molecule has 1 fully saturated rings. The molecule has 0 saturated carbocycles. The van der Waals surface area contributed by atoms with Gasteiger partial charge in [0.05, 0.1) is 13.7 Å². The average Bonchev–Trinajstić information content (AvgIpc) is 3.05. The van der Waals surface area contributed by atoms with Gasteiger partial charge in [0, 0.05) is 12.6 Å². The molecule has 0 spiro atoms.